The van der Waals surface area contributed by atoms with Crippen LogP contribution >= 0.6 is 0 Å². The van der Waals surface area contributed by atoms with Crippen molar-refractivity contribution in [1.82, 2.24) is 4.90 Å². The Morgan fingerprint density at radius 2 is 2.55 bits per heavy atom. The van der Waals surface area contributed by atoms with E-state index >= 15 is 0 Å². The Kier molecular flexibility index (Phi) is 0.967. The number of carbonyl (C=O) groups excluding carboxylic acids is 1. The topological polar surface area (TPSA) is 40.5 Å². The summed E-state index contributed by atoms with van der Waals surface area (Å²) in [6.45, 7) is 0. The van der Waals surface area contributed by atoms with Crippen molar-refractivity contribution in [3.05, 3.63) is 0 Å². The summed E-state index contributed by atoms with van der Waals surface area (Å²) in [7, 11) is 1.68. The number of rotatable bonds is 0. The highest BCUT2D eigenvalue weighted by Gasteiger charge is 2.65. The van der Waals surface area contributed by atoms with Crippen molar-refractivity contribution in [2.45, 2.75) is 18.1 Å². The number of terminal acetylenes is 1. The first-order valence-electron chi connectivity index (χ1n) is 3.58. The zero-order valence-electron chi connectivity index (χ0n) is 6.24. The van der Waals surface area contributed by atoms with Crippen molar-refractivity contribution in [1.29, 1.82) is 0 Å². The quantitative estimate of drug-likeness (QED) is 0.461. The van der Waals surface area contributed by atoms with Crippen LogP contribution in [-0.2, 0) is 4.79 Å². The Labute approximate surface area is 65.0 Å². The van der Waals surface area contributed by atoms with Crippen LogP contribution in [0.5, 0.6) is 0 Å². The standard InChI is InChI=1S/C8H9NO2/c1-3-8(11)5-4-6(5)9(2)7(8)10/h1,5-6,11H,4H2,2H3/t5-,6+,8-/m0/s1. The van der Waals surface area contributed by atoms with Gasteiger partial charge in [0, 0.05) is 19.0 Å². The largest absolute Gasteiger partial charge is 0.369 e. The van der Waals surface area contributed by atoms with Gasteiger partial charge in [0.15, 0.2) is 0 Å². The molecule has 3 heteroatoms. The van der Waals surface area contributed by atoms with Gasteiger partial charge in [-0.25, -0.2) is 0 Å². The number of hydrogen-bond donors (Lipinski definition) is 1. The normalized spacial score (nSPS) is 47.0. The molecule has 1 aliphatic heterocycles. The molecule has 11 heavy (non-hydrogen) atoms. The van der Waals surface area contributed by atoms with Gasteiger partial charge in [-0.3, -0.25) is 4.79 Å². The predicted octanol–water partition coefficient (Wildman–Crippen LogP) is -0.789. The molecule has 1 saturated heterocycles. The van der Waals surface area contributed by atoms with Crippen LogP contribution in [0.1, 0.15) is 6.42 Å². The average Bonchev–Trinajstić information content (AvgIpc) is 2.75. The molecule has 1 N–H and O–H groups in total. The van der Waals surface area contributed by atoms with Gasteiger partial charge in [0.2, 0.25) is 5.60 Å². The minimum atomic E-state index is -1.49. The highest BCUT2D eigenvalue weighted by molar-refractivity contribution is 5.93. The molecule has 0 aromatic rings. The van der Waals surface area contributed by atoms with Crippen molar-refractivity contribution < 1.29 is 9.90 Å². The predicted molar refractivity (Wildman–Crippen MR) is 38.4 cm³/mol. The molecule has 58 valence electrons. The summed E-state index contributed by atoms with van der Waals surface area (Å²) < 4.78 is 0. The van der Waals surface area contributed by atoms with Crippen LogP contribution in [0.4, 0.5) is 0 Å². The molecule has 2 aliphatic rings. The number of hydrogen-bond acceptors (Lipinski definition) is 2. The van der Waals surface area contributed by atoms with E-state index in [1.807, 2.05) is 0 Å². The zero-order valence-corrected chi connectivity index (χ0v) is 6.24. The molecule has 1 amide bonds. The Bertz CT molecular complexity index is 268. The molecule has 0 aromatic heterocycles. The van der Waals surface area contributed by atoms with Gasteiger partial charge in [0.05, 0.1) is 0 Å². The Morgan fingerprint density at radius 3 is 2.82 bits per heavy atom. The third-order valence-corrected chi connectivity index (χ3v) is 2.66. The lowest BCUT2D eigenvalue weighted by Crippen LogP contribution is -2.41. The molecule has 0 bridgehead atoms. The smallest absolute Gasteiger partial charge is 0.267 e. The first-order chi connectivity index (χ1) is 5.11. The van der Waals surface area contributed by atoms with Gasteiger partial charge in [0.1, 0.15) is 0 Å². The van der Waals surface area contributed by atoms with Gasteiger partial charge >= 0.3 is 0 Å². The zero-order chi connectivity index (χ0) is 8.22. The van der Waals surface area contributed by atoms with Gasteiger partial charge in [-0.2, -0.15) is 0 Å². The van der Waals surface area contributed by atoms with Crippen LogP contribution in [0, 0.1) is 18.3 Å². The van der Waals surface area contributed by atoms with Crippen LogP contribution < -0.4 is 0 Å². The molecule has 0 radical (unpaired) electrons. The second kappa shape index (κ2) is 1.59. The van der Waals surface area contributed by atoms with E-state index in [0.29, 0.717) is 0 Å². The van der Waals surface area contributed by atoms with E-state index in [1.54, 1.807) is 11.9 Å². The van der Waals surface area contributed by atoms with E-state index in [2.05, 4.69) is 5.92 Å². The number of likely N-dealkylation sites (N-methyl/N-ethyl adjacent to an activating group) is 1. The first-order valence-corrected chi connectivity index (χ1v) is 3.58. The van der Waals surface area contributed by atoms with E-state index < -0.39 is 5.60 Å². The van der Waals surface area contributed by atoms with Crippen LogP contribution in [-0.4, -0.2) is 34.6 Å². The lowest BCUT2D eigenvalue weighted by molar-refractivity contribution is -0.140. The molecule has 0 unspecified atom stereocenters. The lowest BCUT2D eigenvalue weighted by Gasteiger charge is -2.18. The molecule has 1 saturated carbocycles. The van der Waals surface area contributed by atoms with Gasteiger partial charge in [-0.05, 0) is 6.42 Å². The molecule has 3 nitrogen and oxygen atoms in total. The summed E-state index contributed by atoms with van der Waals surface area (Å²) in [5.41, 5.74) is -1.49. The van der Waals surface area contributed by atoms with Crippen LogP contribution in [0.3, 0.4) is 0 Å². The SMILES string of the molecule is C#C[C@@]1(O)C(=O)N(C)[C@@H]2C[C@@H]21. The maximum absolute atomic E-state index is 11.2. The number of likely N-dealkylation sites (tertiary alicyclic amines) is 1. The monoisotopic (exact) mass is 151 g/mol. The fourth-order valence-electron chi connectivity index (χ4n) is 1.81. The molecule has 1 aliphatic carbocycles. The number of piperidine rings is 1. The second-order valence-electron chi connectivity index (χ2n) is 3.24. The fraction of sp³-hybridized carbons (Fsp3) is 0.625. The first kappa shape index (κ1) is 6.68. The number of amides is 1. The minimum Gasteiger partial charge on any atom is -0.369 e. The van der Waals surface area contributed by atoms with Gasteiger partial charge in [-0.1, -0.05) is 5.92 Å². The summed E-state index contributed by atoms with van der Waals surface area (Å²) in [4.78, 5) is 12.8. The van der Waals surface area contributed by atoms with Gasteiger partial charge in [0.25, 0.3) is 5.91 Å². The third kappa shape index (κ3) is 0.561. The van der Waals surface area contributed by atoms with Crippen LogP contribution in [0.25, 0.3) is 0 Å². The summed E-state index contributed by atoms with van der Waals surface area (Å²) in [5.74, 6) is 1.85. The number of fused-ring (bicyclic) bond motifs is 1. The van der Waals surface area contributed by atoms with Crippen molar-refractivity contribution in [3.63, 3.8) is 0 Å². The second-order valence-corrected chi connectivity index (χ2v) is 3.24. The van der Waals surface area contributed by atoms with Gasteiger partial charge < -0.3 is 10.0 Å². The highest BCUT2D eigenvalue weighted by Crippen LogP contribution is 2.50. The average molecular weight is 151 g/mol. The van der Waals surface area contributed by atoms with Crippen LogP contribution in [0.2, 0.25) is 0 Å². The molecule has 2 rings (SSSR count). The highest BCUT2D eigenvalue weighted by atomic mass is 16.3. The van der Waals surface area contributed by atoms with E-state index in [9.17, 15) is 9.90 Å². The van der Waals surface area contributed by atoms with Crippen molar-refractivity contribution >= 4 is 5.91 Å². The van der Waals surface area contributed by atoms with E-state index in [-0.39, 0.29) is 17.9 Å². The summed E-state index contributed by atoms with van der Waals surface area (Å²) in [6.07, 6.45) is 5.94. The summed E-state index contributed by atoms with van der Waals surface area (Å²) in [6, 6.07) is 0.198. The Hall–Kier alpha value is -1.01. The molecule has 2 fully saturated rings. The molecule has 1 heterocycles. The molecule has 0 aromatic carbocycles. The fourth-order valence-corrected chi connectivity index (χ4v) is 1.81. The number of carbonyl (C=O) groups is 1. The molecular weight excluding hydrogens is 142 g/mol. The number of aliphatic hydroxyl groups is 1. The van der Waals surface area contributed by atoms with Gasteiger partial charge in [-0.15, -0.1) is 6.42 Å². The van der Waals surface area contributed by atoms with Crippen LogP contribution in [0.15, 0.2) is 0 Å². The van der Waals surface area contributed by atoms with Crippen molar-refractivity contribution in [2.24, 2.45) is 5.92 Å². The van der Waals surface area contributed by atoms with Crippen molar-refractivity contribution in [2.75, 3.05) is 7.05 Å². The maximum atomic E-state index is 11.2. The van der Waals surface area contributed by atoms with E-state index in [0.717, 1.165) is 6.42 Å². The Morgan fingerprint density at radius 1 is 1.91 bits per heavy atom. The minimum absolute atomic E-state index is 0.00926. The summed E-state index contributed by atoms with van der Waals surface area (Å²) in [5, 5.41) is 9.62. The molecular formula is C8H9NO2. The number of nitrogens with zero attached hydrogens (tertiary/aromatic N) is 1. The molecule has 0 spiro atoms. The van der Waals surface area contributed by atoms with E-state index in [4.69, 9.17) is 6.42 Å². The summed E-state index contributed by atoms with van der Waals surface area (Å²) >= 11 is 0. The lowest BCUT2D eigenvalue weighted by atomic mass is 10.0. The van der Waals surface area contributed by atoms with E-state index in [1.165, 1.54) is 0 Å². The Balaban J connectivity index is 2.39. The van der Waals surface area contributed by atoms with Crippen molar-refractivity contribution in [3.8, 4) is 12.3 Å². The molecule has 3 atom stereocenters. The maximum Gasteiger partial charge on any atom is 0.267 e. The third-order valence-electron chi connectivity index (χ3n) is 2.66.